The van der Waals surface area contributed by atoms with Crippen LogP contribution in [-0.2, 0) is 0 Å². The Bertz CT molecular complexity index is 461. The number of fused-ring (bicyclic) bond motifs is 1. The number of aromatic nitrogens is 4. The van der Waals surface area contributed by atoms with Crippen LogP contribution in [0.3, 0.4) is 0 Å². The van der Waals surface area contributed by atoms with E-state index in [4.69, 9.17) is 5.73 Å². The summed E-state index contributed by atoms with van der Waals surface area (Å²) in [6.07, 6.45) is 1.58. The molecule has 80 valence electrons. The summed E-state index contributed by atoms with van der Waals surface area (Å²) in [5, 5.41) is 3.20. The lowest BCUT2D eigenvalue weighted by Crippen LogP contribution is -2.11. The van der Waals surface area contributed by atoms with Gasteiger partial charge in [-0.2, -0.15) is 9.97 Å². The van der Waals surface area contributed by atoms with Crippen LogP contribution in [0.2, 0.25) is 0 Å². The summed E-state index contributed by atoms with van der Waals surface area (Å²) in [6, 6.07) is 0. The maximum atomic E-state index is 5.58. The molecule has 4 N–H and O–H groups in total. The molecule has 15 heavy (non-hydrogen) atoms. The molecule has 0 atom stereocenters. The van der Waals surface area contributed by atoms with Crippen LogP contribution in [0.1, 0.15) is 13.8 Å². The lowest BCUT2D eigenvalue weighted by atomic mass is 10.2. The molecule has 2 aromatic rings. The minimum atomic E-state index is 0.248. The first kappa shape index (κ1) is 9.70. The molecule has 2 aromatic heterocycles. The molecule has 2 heterocycles. The van der Waals surface area contributed by atoms with Crippen LogP contribution in [0.4, 0.5) is 11.8 Å². The summed E-state index contributed by atoms with van der Waals surface area (Å²) in [7, 11) is 0. The van der Waals surface area contributed by atoms with Gasteiger partial charge in [-0.15, -0.1) is 0 Å². The van der Waals surface area contributed by atoms with Crippen molar-refractivity contribution in [2.24, 2.45) is 5.92 Å². The average Bonchev–Trinajstić information content (AvgIpc) is 2.61. The Morgan fingerprint density at radius 3 is 3.00 bits per heavy atom. The molecule has 0 fully saturated rings. The Kier molecular flexibility index (Phi) is 2.40. The third kappa shape index (κ3) is 1.98. The first-order chi connectivity index (χ1) is 7.16. The normalized spacial score (nSPS) is 11.1. The van der Waals surface area contributed by atoms with E-state index in [1.165, 1.54) is 0 Å². The van der Waals surface area contributed by atoms with Gasteiger partial charge in [0.15, 0.2) is 11.5 Å². The van der Waals surface area contributed by atoms with Crippen molar-refractivity contribution in [2.45, 2.75) is 13.8 Å². The van der Waals surface area contributed by atoms with Crippen LogP contribution < -0.4 is 11.1 Å². The topological polar surface area (TPSA) is 92.5 Å². The van der Waals surface area contributed by atoms with Crippen molar-refractivity contribution in [3.63, 3.8) is 0 Å². The molecule has 0 aliphatic carbocycles. The molecule has 0 saturated carbocycles. The van der Waals surface area contributed by atoms with E-state index in [-0.39, 0.29) is 5.95 Å². The fraction of sp³-hybridized carbons (Fsp3) is 0.444. The number of nitrogens with zero attached hydrogens (tertiary/aromatic N) is 3. The smallest absolute Gasteiger partial charge is 0.224 e. The van der Waals surface area contributed by atoms with E-state index in [0.717, 1.165) is 12.1 Å². The fourth-order valence-electron chi connectivity index (χ4n) is 1.28. The molecule has 0 bridgehead atoms. The third-order valence-electron chi connectivity index (χ3n) is 1.97. The van der Waals surface area contributed by atoms with Gasteiger partial charge in [-0.25, -0.2) is 4.98 Å². The number of hydrogen-bond acceptors (Lipinski definition) is 5. The predicted molar refractivity (Wildman–Crippen MR) is 59.4 cm³/mol. The van der Waals surface area contributed by atoms with E-state index in [9.17, 15) is 0 Å². The van der Waals surface area contributed by atoms with E-state index < -0.39 is 0 Å². The summed E-state index contributed by atoms with van der Waals surface area (Å²) >= 11 is 0. The number of rotatable bonds is 3. The molecule has 0 aliphatic heterocycles. The lowest BCUT2D eigenvalue weighted by Gasteiger charge is -2.08. The average molecular weight is 206 g/mol. The molecule has 6 nitrogen and oxygen atoms in total. The van der Waals surface area contributed by atoms with Crippen molar-refractivity contribution >= 4 is 22.9 Å². The van der Waals surface area contributed by atoms with Gasteiger partial charge in [0.2, 0.25) is 5.95 Å². The highest BCUT2D eigenvalue weighted by atomic mass is 15.1. The SMILES string of the molecule is CC(C)CNc1nc(N)nc2[nH]cnc12. The quantitative estimate of drug-likeness (QED) is 0.696. The van der Waals surface area contributed by atoms with E-state index in [0.29, 0.717) is 17.4 Å². The van der Waals surface area contributed by atoms with Gasteiger partial charge in [-0.3, -0.25) is 0 Å². The molecular weight excluding hydrogens is 192 g/mol. The summed E-state index contributed by atoms with van der Waals surface area (Å²) in [5.41, 5.74) is 6.97. The molecule has 0 aromatic carbocycles. The van der Waals surface area contributed by atoms with Crippen molar-refractivity contribution in [1.82, 2.24) is 19.9 Å². The summed E-state index contributed by atoms with van der Waals surface area (Å²) in [5.74, 6) is 1.47. The molecule has 0 amide bonds. The maximum absolute atomic E-state index is 5.58. The zero-order chi connectivity index (χ0) is 10.8. The standard InChI is InChI=1S/C9H14N6/c1-5(2)3-11-7-6-8(13-4-12-6)15-9(10)14-7/h4-5H,3H2,1-2H3,(H4,10,11,12,13,14,15). The number of H-pyrrole nitrogens is 1. The van der Waals surface area contributed by atoms with Crippen LogP contribution >= 0.6 is 0 Å². The van der Waals surface area contributed by atoms with Crippen molar-refractivity contribution < 1.29 is 0 Å². The molecule has 0 unspecified atom stereocenters. The molecule has 2 rings (SSSR count). The van der Waals surface area contributed by atoms with Gasteiger partial charge in [-0.05, 0) is 5.92 Å². The Morgan fingerprint density at radius 1 is 1.47 bits per heavy atom. The number of hydrogen-bond donors (Lipinski definition) is 3. The van der Waals surface area contributed by atoms with Gasteiger partial charge in [-0.1, -0.05) is 13.8 Å². The van der Waals surface area contributed by atoms with Crippen molar-refractivity contribution in [1.29, 1.82) is 0 Å². The van der Waals surface area contributed by atoms with Gasteiger partial charge < -0.3 is 16.0 Å². The van der Waals surface area contributed by atoms with Crippen LogP contribution in [0.15, 0.2) is 6.33 Å². The molecular formula is C9H14N6. The number of nitrogens with one attached hydrogen (secondary N) is 2. The van der Waals surface area contributed by atoms with Gasteiger partial charge in [0.25, 0.3) is 0 Å². The van der Waals surface area contributed by atoms with E-state index in [1.807, 2.05) is 0 Å². The van der Waals surface area contributed by atoms with Gasteiger partial charge in [0.1, 0.15) is 5.52 Å². The highest BCUT2D eigenvalue weighted by Crippen LogP contribution is 2.17. The number of imidazole rings is 1. The van der Waals surface area contributed by atoms with E-state index >= 15 is 0 Å². The monoisotopic (exact) mass is 206 g/mol. The van der Waals surface area contributed by atoms with Crippen molar-refractivity contribution in [3.05, 3.63) is 6.33 Å². The largest absolute Gasteiger partial charge is 0.368 e. The van der Waals surface area contributed by atoms with Crippen molar-refractivity contribution in [2.75, 3.05) is 17.6 Å². The van der Waals surface area contributed by atoms with Crippen molar-refractivity contribution in [3.8, 4) is 0 Å². The Hall–Kier alpha value is -1.85. The van der Waals surface area contributed by atoms with Crippen LogP contribution in [0.25, 0.3) is 11.2 Å². The first-order valence-corrected chi connectivity index (χ1v) is 4.87. The summed E-state index contributed by atoms with van der Waals surface area (Å²) in [4.78, 5) is 15.2. The second kappa shape index (κ2) is 3.72. The zero-order valence-electron chi connectivity index (χ0n) is 8.78. The number of nitrogen functional groups attached to an aromatic ring is 1. The van der Waals surface area contributed by atoms with Gasteiger partial charge in [0.05, 0.1) is 6.33 Å². The fourth-order valence-corrected chi connectivity index (χ4v) is 1.28. The van der Waals surface area contributed by atoms with Crippen LogP contribution in [0.5, 0.6) is 0 Å². The van der Waals surface area contributed by atoms with Crippen LogP contribution in [0, 0.1) is 5.92 Å². The lowest BCUT2D eigenvalue weighted by molar-refractivity contribution is 0.687. The molecule has 0 aliphatic rings. The number of aromatic amines is 1. The molecule has 0 spiro atoms. The second-order valence-corrected chi connectivity index (χ2v) is 3.80. The minimum Gasteiger partial charge on any atom is -0.368 e. The summed E-state index contributed by atoms with van der Waals surface area (Å²) in [6.45, 7) is 5.08. The minimum absolute atomic E-state index is 0.248. The van der Waals surface area contributed by atoms with E-state index in [1.54, 1.807) is 6.33 Å². The number of anilines is 2. The van der Waals surface area contributed by atoms with Gasteiger partial charge >= 0.3 is 0 Å². The molecule has 0 radical (unpaired) electrons. The van der Waals surface area contributed by atoms with Crippen LogP contribution in [-0.4, -0.2) is 26.5 Å². The first-order valence-electron chi connectivity index (χ1n) is 4.87. The zero-order valence-corrected chi connectivity index (χ0v) is 8.78. The Labute approximate surface area is 87.3 Å². The number of nitrogens with two attached hydrogens (primary N) is 1. The highest BCUT2D eigenvalue weighted by Gasteiger charge is 2.08. The highest BCUT2D eigenvalue weighted by molar-refractivity contribution is 5.83. The summed E-state index contributed by atoms with van der Waals surface area (Å²) < 4.78 is 0. The molecule has 0 saturated heterocycles. The second-order valence-electron chi connectivity index (χ2n) is 3.80. The Balaban J connectivity index is 2.35. The predicted octanol–water partition coefficient (Wildman–Crippen LogP) is 1.00. The van der Waals surface area contributed by atoms with E-state index in [2.05, 4.69) is 39.1 Å². The third-order valence-corrected chi connectivity index (χ3v) is 1.97. The maximum Gasteiger partial charge on any atom is 0.224 e. The molecule has 6 heteroatoms. The Morgan fingerprint density at radius 2 is 2.27 bits per heavy atom. The van der Waals surface area contributed by atoms with Gasteiger partial charge in [0, 0.05) is 6.54 Å².